The summed E-state index contributed by atoms with van der Waals surface area (Å²) >= 11 is 0. The van der Waals surface area contributed by atoms with Gasteiger partial charge in [0.2, 0.25) is 5.91 Å². The SMILES string of the molecule is CC1CN(CCC(=O)N(C)CCCN)CC1N(C)C. The van der Waals surface area contributed by atoms with E-state index in [2.05, 4.69) is 30.8 Å². The van der Waals surface area contributed by atoms with Gasteiger partial charge in [-0.2, -0.15) is 0 Å². The van der Waals surface area contributed by atoms with Gasteiger partial charge in [-0.05, 0) is 33.0 Å². The number of hydrogen-bond acceptors (Lipinski definition) is 4. The minimum atomic E-state index is 0.231. The third kappa shape index (κ3) is 5.09. The fraction of sp³-hybridized carbons (Fsp3) is 0.929. The van der Waals surface area contributed by atoms with Crippen molar-refractivity contribution in [3.05, 3.63) is 0 Å². The highest BCUT2D eigenvalue weighted by Crippen LogP contribution is 2.19. The Morgan fingerprint density at radius 3 is 2.53 bits per heavy atom. The van der Waals surface area contributed by atoms with Crippen LogP contribution in [-0.4, -0.2) is 80.5 Å². The van der Waals surface area contributed by atoms with E-state index >= 15 is 0 Å². The van der Waals surface area contributed by atoms with Crippen molar-refractivity contribution in [2.75, 3.05) is 53.9 Å². The van der Waals surface area contributed by atoms with E-state index in [1.807, 2.05) is 7.05 Å². The van der Waals surface area contributed by atoms with E-state index in [0.717, 1.165) is 32.6 Å². The molecule has 1 fully saturated rings. The average molecular weight is 270 g/mol. The van der Waals surface area contributed by atoms with Crippen molar-refractivity contribution in [1.82, 2.24) is 14.7 Å². The van der Waals surface area contributed by atoms with Crippen LogP contribution in [0.1, 0.15) is 19.8 Å². The molecule has 0 aromatic carbocycles. The molecule has 2 unspecified atom stereocenters. The van der Waals surface area contributed by atoms with Gasteiger partial charge in [-0.25, -0.2) is 0 Å². The van der Waals surface area contributed by atoms with Crippen molar-refractivity contribution >= 4 is 5.91 Å². The molecule has 19 heavy (non-hydrogen) atoms. The van der Waals surface area contributed by atoms with E-state index in [9.17, 15) is 4.79 Å². The van der Waals surface area contributed by atoms with Crippen LogP contribution in [-0.2, 0) is 4.79 Å². The van der Waals surface area contributed by atoms with E-state index in [-0.39, 0.29) is 5.91 Å². The highest BCUT2D eigenvalue weighted by atomic mass is 16.2. The Morgan fingerprint density at radius 2 is 2.00 bits per heavy atom. The molecular weight excluding hydrogens is 240 g/mol. The summed E-state index contributed by atoms with van der Waals surface area (Å²) in [4.78, 5) is 18.5. The molecule has 0 radical (unpaired) electrons. The minimum Gasteiger partial charge on any atom is -0.346 e. The number of carbonyl (C=O) groups excluding carboxylic acids is 1. The van der Waals surface area contributed by atoms with Crippen LogP contribution in [0, 0.1) is 5.92 Å². The summed E-state index contributed by atoms with van der Waals surface area (Å²) in [6.45, 7) is 6.76. The molecule has 1 rings (SSSR count). The molecule has 0 bridgehead atoms. The lowest BCUT2D eigenvalue weighted by Gasteiger charge is -2.23. The van der Waals surface area contributed by atoms with Crippen molar-refractivity contribution in [2.24, 2.45) is 11.7 Å². The lowest BCUT2D eigenvalue weighted by Crippen LogP contribution is -2.35. The van der Waals surface area contributed by atoms with E-state index in [1.165, 1.54) is 0 Å². The quantitative estimate of drug-likeness (QED) is 0.711. The predicted molar refractivity (Wildman–Crippen MR) is 79.0 cm³/mol. The maximum Gasteiger partial charge on any atom is 0.223 e. The number of rotatable bonds is 7. The summed E-state index contributed by atoms with van der Waals surface area (Å²) in [6, 6.07) is 0.616. The summed E-state index contributed by atoms with van der Waals surface area (Å²) < 4.78 is 0. The van der Waals surface area contributed by atoms with Crippen LogP contribution in [0.4, 0.5) is 0 Å². The number of nitrogens with two attached hydrogens (primary N) is 1. The topological polar surface area (TPSA) is 52.8 Å². The third-order valence-electron chi connectivity index (χ3n) is 4.08. The lowest BCUT2D eigenvalue weighted by atomic mass is 10.1. The molecule has 1 aliphatic rings. The first-order valence-corrected chi connectivity index (χ1v) is 7.28. The number of carbonyl (C=O) groups is 1. The number of likely N-dealkylation sites (tertiary alicyclic amines) is 1. The second-order valence-electron chi connectivity index (χ2n) is 5.98. The predicted octanol–water partition coefficient (Wildman–Crippen LogP) is 0.0656. The van der Waals surface area contributed by atoms with Gasteiger partial charge in [0.25, 0.3) is 0 Å². The van der Waals surface area contributed by atoms with Gasteiger partial charge in [-0.1, -0.05) is 6.92 Å². The van der Waals surface area contributed by atoms with Crippen LogP contribution < -0.4 is 5.73 Å². The highest BCUT2D eigenvalue weighted by molar-refractivity contribution is 5.76. The maximum absolute atomic E-state index is 12.0. The largest absolute Gasteiger partial charge is 0.346 e. The van der Waals surface area contributed by atoms with Crippen molar-refractivity contribution < 1.29 is 4.79 Å². The van der Waals surface area contributed by atoms with Gasteiger partial charge in [-0.15, -0.1) is 0 Å². The second kappa shape index (κ2) is 7.82. The number of hydrogen-bond donors (Lipinski definition) is 1. The van der Waals surface area contributed by atoms with Gasteiger partial charge in [0, 0.05) is 45.7 Å². The van der Waals surface area contributed by atoms with Gasteiger partial charge in [0.15, 0.2) is 0 Å². The molecule has 1 saturated heterocycles. The molecule has 1 aliphatic heterocycles. The Hall–Kier alpha value is -0.650. The molecule has 5 heteroatoms. The van der Waals surface area contributed by atoms with Gasteiger partial charge < -0.3 is 20.4 Å². The zero-order valence-electron chi connectivity index (χ0n) is 12.9. The van der Waals surface area contributed by atoms with Crippen LogP contribution in [0.25, 0.3) is 0 Å². The van der Waals surface area contributed by atoms with Gasteiger partial charge in [0.05, 0.1) is 0 Å². The number of amides is 1. The van der Waals surface area contributed by atoms with Crippen molar-refractivity contribution in [2.45, 2.75) is 25.8 Å². The zero-order valence-corrected chi connectivity index (χ0v) is 12.9. The van der Waals surface area contributed by atoms with E-state index < -0.39 is 0 Å². The molecule has 1 amide bonds. The van der Waals surface area contributed by atoms with E-state index in [4.69, 9.17) is 5.73 Å². The summed E-state index contributed by atoms with van der Waals surface area (Å²) in [5.41, 5.74) is 5.46. The van der Waals surface area contributed by atoms with Crippen LogP contribution in [0.5, 0.6) is 0 Å². The molecule has 5 nitrogen and oxygen atoms in total. The van der Waals surface area contributed by atoms with Crippen LogP contribution in [0.15, 0.2) is 0 Å². The summed E-state index contributed by atoms with van der Waals surface area (Å²) in [5, 5.41) is 0. The Kier molecular flexibility index (Phi) is 6.75. The highest BCUT2D eigenvalue weighted by Gasteiger charge is 2.30. The van der Waals surface area contributed by atoms with E-state index in [1.54, 1.807) is 4.90 Å². The molecule has 1 heterocycles. The van der Waals surface area contributed by atoms with E-state index in [0.29, 0.717) is 24.9 Å². The Bertz CT molecular complexity index is 283. The summed E-state index contributed by atoms with van der Waals surface area (Å²) in [6.07, 6.45) is 1.50. The second-order valence-corrected chi connectivity index (χ2v) is 5.98. The van der Waals surface area contributed by atoms with Gasteiger partial charge in [0.1, 0.15) is 0 Å². The van der Waals surface area contributed by atoms with Crippen molar-refractivity contribution in [1.29, 1.82) is 0 Å². The molecule has 2 atom stereocenters. The van der Waals surface area contributed by atoms with Gasteiger partial charge in [-0.3, -0.25) is 4.79 Å². The Morgan fingerprint density at radius 1 is 1.32 bits per heavy atom. The number of likely N-dealkylation sites (N-methyl/N-ethyl adjacent to an activating group) is 1. The normalized spacial score (nSPS) is 24.1. The summed E-state index contributed by atoms with van der Waals surface area (Å²) in [7, 11) is 6.14. The molecule has 0 aromatic rings. The molecule has 0 spiro atoms. The molecule has 0 saturated carbocycles. The monoisotopic (exact) mass is 270 g/mol. The third-order valence-corrected chi connectivity index (χ3v) is 4.08. The van der Waals surface area contributed by atoms with Crippen LogP contribution in [0.3, 0.4) is 0 Å². The first-order valence-electron chi connectivity index (χ1n) is 7.28. The first kappa shape index (κ1) is 16.4. The smallest absolute Gasteiger partial charge is 0.223 e. The average Bonchev–Trinajstić information content (AvgIpc) is 2.74. The first-order chi connectivity index (χ1) is 8.95. The van der Waals surface area contributed by atoms with Gasteiger partial charge >= 0.3 is 0 Å². The molecule has 0 aromatic heterocycles. The number of nitrogens with zero attached hydrogens (tertiary/aromatic N) is 3. The standard InChI is InChI=1S/C14H30N4O/c1-12-10-18(11-13(12)16(2)3)9-6-14(19)17(4)8-5-7-15/h12-13H,5-11,15H2,1-4H3. The fourth-order valence-electron chi connectivity index (χ4n) is 2.80. The van der Waals surface area contributed by atoms with Crippen molar-refractivity contribution in [3.8, 4) is 0 Å². The lowest BCUT2D eigenvalue weighted by molar-refractivity contribution is -0.130. The Labute approximate surface area is 117 Å². The molecule has 0 aliphatic carbocycles. The maximum atomic E-state index is 12.0. The fourth-order valence-corrected chi connectivity index (χ4v) is 2.80. The van der Waals surface area contributed by atoms with Crippen molar-refractivity contribution in [3.63, 3.8) is 0 Å². The molecule has 2 N–H and O–H groups in total. The molecule has 112 valence electrons. The Balaban J connectivity index is 2.28. The molecular formula is C14H30N4O. The van der Waals surface area contributed by atoms with Crippen LogP contribution in [0.2, 0.25) is 0 Å². The van der Waals surface area contributed by atoms with Crippen LogP contribution >= 0.6 is 0 Å². The summed E-state index contributed by atoms with van der Waals surface area (Å²) in [5.74, 6) is 0.912. The minimum absolute atomic E-state index is 0.231. The zero-order chi connectivity index (χ0) is 14.4.